The highest BCUT2D eigenvalue weighted by Gasteiger charge is 2.20. The summed E-state index contributed by atoms with van der Waals surface area (Å²) in [6.07, 6.45) is 5.92. The number of carbonyl (C=O) groups excluding carboxylic acids is 1. The van der Waals surface area contributed by atoms with E-state index in [1.54, 1.807) is 0 Å². The number of nitrogens with one attached hydrogen (secondary N) is 2. The number of rotatable bonds is 7. The summed E-state index contributed by atoms with van der Waals surface area (Å²) in [7, 11) is 0. The van der Waals surface area contributed by atoms with Gasteiger partial charge >= 0.3 is 6.09 Å². The van der Waals surface area contributed by atoms with Gasteiger partial charge in [-0.3, -0.25) is 5.41 Å². The first kappa shape index (κ1) is 22.1. The summed E-state index contributed by atoms with van der Waals surface area (Å²) >= 11 is 1.46. The van der Waals surface area contributed by atoms with E-state index in [-0.39, 0.29) is 18.5 Å². The number of alkyl carbamates (subject to hydrolysis) is 1. The number of thiophene rings is 1. The van der Waals surface area contributed by atoms with E-state index in [0.29, 0.717) is 10.6 Å². The molecule has 1 heterocycles. The Labute approximate surface area is 192 Å². The minimum atomic E-state index is -0.456. The minimum Gasteiger partial charge on any atom is -0.481 e. The van der Waals surface area contributed by atoms with Crippen molar-refractivity contribution in [3.63, 3.8) is 0 Å². The standard InChI is InChI=1S/C25H29N3O3S/c26-24(27)23-15-19-20(13-8-14-22(19)32-23)31-21(17-9-4-3-5-10-17)16-30-25(29)28-18-11-6-1-2-7-12-18/h3-5,8-10,13-15,18,21H,1-2,6-7,11-12,16H2,(H3,26,27)(H,28,29). The van der Waals surface area contributed by atoms with Crippen molar-refractivity contribution >= 4 is 33.4 Å². The van der Waals surface area contributed by atoms with Crippen molar-refractivity contribution in [2.45, 2.75) is 50.7 Å². The molecule has 0 aliphatic heterocycles. The molecule has 2 aromatic carbocycles. The molecule has 3 aromatic rings. The molecule has 1 unspecified atom stereocenters. The minimum absolute atomic E-state index is 0.0373. The van der Waals surface area contributed by atoms with Crippen LogP contribution in [0.2, 0.25) is 0 Å². The molecule has 0 bridgehead atoms. The Bertz CT molecular complexity index is 1060. The number of benzene rings is 2. The number of ether oxygens (including phenoxy) is 2. The third-order valence-electron chi connectivity index (χ3n) is 5.77. The molecule has 168 valence electrons. The third-order valence-corrected chi connectivity index (χ3v) is 6.90. The average Bonchev–Trinajstić information content (AvgIpc) is 3.09. The summed E-state index contributed by atoms with van der Waals surface area (Å²) in [5.41, 5.74) is 6.60. The second-order valence-electron chi connectivity index (χ2n) is 8.14. The van der Waals surface area contributed by atoms with E-state index in [1.807, 2.05) is 54.6 Å². The summed E-state index contributed by atoms with van der Waals surface area (Å²) in [5, 5.41) is 11.6. The Balaban J connectivity index is 1.49. The van der Waals surface area contributed by atoms with Gasteiger partial charge in [-0.25, -0.2) is 4.79 Å². The zero-order chi connectivity index (χ0) is 22.3. The van der Waals surface area contributed by atoms with Crippen LogP contribution in [0.15, 0.2) is 54.6 Å². The van der Waals surface area contributed by atoms with Crippen molar-refractivity contribution in [2.75, 3.05) is 6.61 Å². The molecule has 0 saturated heterocycles. The monoisotopic (exact) mass is 451 g/mol. The summed E-state index contributed by atoms with van der Waals surface area (Å²) in [5.74, 6) is 0.711. The first-order valence-electron chi connectivity index (χ1n) is 11.1. The highest BCUT2D eigenvalue weighted by Crippen LogP contribution is 2.35. The van der Waals surface area contributed by atoms with Gasteiger partial charge in [-0.15, -0.1) is 11.3 Å². The normalized spacial score (nSPS) is 15.6. The van der Waals surface area contributed by atoms with Crippen molar-refractivity contribution < 1.29 is 14.3 Å². The highest BCUT2D eigenvalue weighted by molar-refractivity contribution is 7.20. The maximum Gasteiger partial charge on any atom is 0.407 e. The number of hydrogen-bond acceptors (Lipinski definition) is 5. The van der Waals surface area contributed by atoms with Gasteiger partial charge in [0.25, 0.3) is 0 Å². The summed E-state index contributed by atoms with van der Waals surface area (Å²) in [6, 6.07) is 17.6. The molecular formula is C25H29N3O3S. The van der Waals surface area contributed by atoms with Gasteiger partial charge in [0.15, 0.2) is 6.10 Å². The van der Waals surface area contributed by atoms with Crippen LogP contribution in [-0.2, 0) is 4.74 Å². The quantitative estimate of drug-likeness (QED) is 0.242. The average molecular weight is 452 g/mol. The van der Waals surface area contributed by atoms with E-state index in [0.717, 1.165) is 41.3 Å². The molecular weight excluding hydrogens is 422 g/mol. The van der Waals surface area contributed by atoms with Crippen LogP contribution in [0.3, 0.4) is 0 Å². The molecule has 32 heavy (non-hydrogen) atoms. The smallest absolute Gasteiger partial charge is 0.407 e. The van der Waals surface area contributed by atoms with Crippen LogP contribution >= 0.6 is 11.3 Å². The molecule has 1 amide bonds. The van der Waals surface area contributed by atoms with E-state index in [4.69, 9.17) is 20.6 Å². The Hall–Kier alpha value is -3.06. The predicted octanol–water partition coefficient (Wildman–Crippen LogP) is 5.75. The maximum absolute atomic E-state index is 12.5. The van der Waals surface area contributed by atoms with Crippen LogP contribution in [0.25, 0.3) is 10.1 Å². The van der Waals surface area contributed by atoms with Gasteiger partial charge in [-0.2, -0.15) is 0 Å². The second kappa shape index (κ2) is 10.5. The van der Waals surface area contributed by atoms with E-state index in [1.165, 1.54) is 24.2 Å². The van der Waals surface area contributed by atoms with Crippen molar-refractivity contribution in [3.05, 3.63) is 65.0 Å². The molecule has 1 saturated carbocycles. The van der Waals surface area contributed by atoms with E-state index >= 15 is 0 Å². The summed E-state index contributed by atoms with van der Waals surface area (Å²) < 4.78 is 13.0. The molecule has 4 rings (SSSR count). The van der Waals surface area contributed by atoms with Gasteiger partial charge in [-0.05, 0) is 36.6 Å². The van der Waals surface area contributed by atoms with Gasteiger partial charge in [0, 0.05) is 16.1 Å². The number of amides is 1. The lowest BCUT2D eigenvalue weighted by atomic mass is 10.1. The van der Waals surface area contributed by atoms with E-state index < -0.39 is 12.2 Å². The van der Waals surface area contributed by atoms with Crippen LogP contribution in [0, 0.1) is 5.41 Å². The SMILES string of the molecule is N=C(N)c1cc2c(OC(COC(=O)NC3CCCCCC3)c3ccccc3)cccc2s1. The number of amidine groups is 1. The fourth-order valence-corrected chi connectivity index (χ4v) is 5.01. The van der Waals surface area contributed by atoms with Crippen molar-refractivity contribution in [3.8, 4) is 5.75 Å². The molecule has 1 fully saturated rings. The Morgan fingerprint density at radius 3 is 2.56 bits per heavy atom. The van der Waals surface area contributed by atoms with Crippen molar-refractivity contribution in [2.24, 2.45) is 5.73 Å². The Morgan fingerprint density at radius 1 is 1.09 bits per heavy atom. The predicted molar refractivity (Wildman–Crippen MR) is 129 cm³/mol. The second-order valence-corrected chi connectivity index (χ2v) is 9.22. The molecule has 6 nitrogen and oxygen atoms in total. The van der Waals surface area contributed by atoms with Crippen molar-refractivity contribution in [1.29, 1.82) is 5.41 Å². The molecule has 4 N–H and O–H groups in total. The first-order chi connectivity index (χ1) is 15.6. The first-order valence-corrected chi connectivity index (χ1v) is 11.9. The maximum atomic E-state index is 12.5. The number of carbonyl (C=O) groups is 1. The summed E-state index contributed by atoms with van der Waals surface area (Å²) in [4.78, 5) is 13.2. The Kier molecular flexibility index (Phi) is 7.27. The van der Waals surface area contributed by atoms with Gasteiger partial charge in [0.1, 0.15) is 18.2 Å². The highest BCUT2D eigenvalue weighted by atomic mass is 32.1. The molecule has 0 radical (unpaired) electrons. The lowest BCUT2D eigenvalue weighted by molar-refractivity contribution is 0.0803. The lowest BCUT2D eigenvalue weighted by Gasteiger charge is -2.21. The molecule has 1 aliphatic carbocycles. The molecule has 1 atom stereocenters. The lowest BCUT2D eigenvalue weighted by Crippen LogP contribution is -2.35. The van der Waals surface area contributed by atoms with Gasteiger partial charge in [0.2, 0.25) is 0 Å². The van der Waals surface area contributed by atoms with Crippen LogP contribution in [0.5, 0.6) is 5.75 Å². The van der Waals surface area contributed by atoms with Crippen LogP contribution in [-0.4, -0.2) is 24.6 Å². The zero-order valence-electron chi connectivity index (χ0n) is 18.0. The van der Waals surface area contributed by atoms with Gasteiger partial charge < -0.3 is 20.5 Å². The fraction of sp³-hybridized carbons (Fsp3) is 0.360. The largest absolute Gasteiger partial charge is 0.481 e. The van der Waals surface area contributed by atoms with Crippen LogP contribution < -0.4 is 15.8 Å². The van der Waals surface area contributed by atoms with Crippen LogP contribution in [0.4, 0.5) is 4.79 Å². The molecule has 1 aromatic heterocycles. The van der Waals surface area contributed by atoms with Crippen LogP contribution in [0.1, 0.15) is 55.1 Å². The molecule has 1 aliphatic rings. The van der Waals surface area contributed by atoms with Gasteiger partial charge in [0.05, 0.1) is 4.88 Å². The van der Waals surface area contributed by atoms with Crippen molar-refractivity contribution in [1.82, 2.24) is 5.32 Å². The number of hydrogen-bond donors (Lipinski definition) is 3. The Morgan fingerprint density at radius 2 is 1.84 bits per heavy atom. The zero-order valence-corrected chi connectivity index (χ0v) is 18.8. The molecule has 7 heteroatoms. The van der Waals surface area contributed by atoms with Gasteiger partial charge in [-0.1, -0.05) is 62.1 Å². The van der Waals surface area contributed by atoms with E-state index in [9.17, 15) is 4.79 Å². The third kappa shape index (κ3) is 5.59. The topological polar surface area (TPSA) is 97.4 Å². The number of nitrogen functional groups attached to an aromatic ring is 1. The van der Waals surface area contributed by atoms with E-state index in [2.05, 4.69) is 5.32 Å². The number of nitrogens with two attached hydrogens (primary N) is 1. The number of fused-ring (bicyclic) bond motifs is 1. The molecule has 0 spiro atoms. The fourth-order valence-electron chi connectivity index (χ4n) is 4.07. The summed E-state index contributed by atoms with van der Waals surface area (Å²) in [6.45, 7) is 0.0999.